The van der Waals surface area contributed by atoms with Crippen LogP contribution in [-0.2, 0) is 24.0 Å². The third-order valence-corrected chi connectivity index (χ3v) is 4.81. The molecule has 1 rings (SSSR count). The number of unbranched alkanes of at least 4 members (excludes halogenated alkanes) is 1. The van der Waals surface area contributed by atoms with Crippen molar-refractivity contribution in [3.8, 4) is 0 Å². The number of nitrogens with two attached hydrogens (primary N) is 1. The SMILES string of the molecule is CCCCOCN(CC)S(=O)(=O)OC(=O)CO.Cc1cccc(C)c1N. The highest BCUT2D eigenvalue weighted by Crippen LogP contribution is 2.13. The van der Waals surface area contributed by atoms with E-state index in [1.54, 1.807) is 6.92 Å². The van der Waals surface area contributed by atoms with Gasteiger partial charge in [0.25, 0.3) is 0 Å². The first-order valence-corrected chi connectivity index (χ1v) is 9.78. The Labute approximate surface area is 156 Å². The molecule has 1 aromatic rings. The summed E-state index contributed by atoms with van der Waals surface area (Å²) >= 11 is 0. The Morgan fingerprint density at radius 1 is 1.23 bits per heavy atom. The van der Waals surface area contributed by atoms with Gasteiger partial charge in [0, 0.05) is 18.8 Å². The van der Waals surface area contributed by atoms with E-state index in [1.807, 2.05) is 39.0 Å². The first-order chi connectivity index (χ1) is 12.2. The van der Waals surface area contributed by atoms with E-state index in [-0.39, 0.29) is 13.3 Å². The predicted molar refractivity (Wildman–Crippen MR) is 101 cm³/mol. The molecule has 0 fully saturated rings. The molecule has 8 nitrogen and oxygen atoms in total. The zero-order valence-electron chi connectivity index (χ0n) is 15.9. The maximum absolute atomic E-state index is 11.5. The van der Waals surface area contributed by atoms with E-state index in [9.17, 15) is 13.2 Å². The summed E-state index contributed by atoms with van der Waals surface area (Å²) in [6, 6.07) is 6.05. The minimum atomic E-state index is -4.17. The summed E-state index contributed by atoms with van der Waals surface area (Å²) in [6.45, 7) is 7.02. The Morgan fingerprint density at radius 2 is 1.81 bits per heavy atom. The fourth-order valence-corrected chi connectivity index (χ4v) is 2.66. The van der Waals surface area contributed by atoms with Crippen molar-refractivity contribution in [3.63, 3.8) is 0 Å². The molecule has 0 aliphatic carbocycles. The van der Waals surface area contributed by atoms with Gasteiger partial charge in [0.15, 0.2) is 0 Å². The van der Waals surface area contributed by atoms with Crippen LogP contribution in [0.3, 0.4) is 0 Å². The molecule has 0 radical (unpaired) electrons. The molecule has 26 heavy (non-hydrogen) atoms. The Morgan fingerprint density at radius 3 is 2.23 bits per heavy atom. The predicted octanol–water partition coefficient (Wildman–Crippen LogP) is 1.75. The maximum atomic E-state index is 11.5. The molecule has 0 saturated carbocycles. The van der Waals surface area contributed by atoms with Crippen molar-refractivity contribution >= 4 is 22.0 Å². The van der Waals surface area contributed by atoms with Crippen LogP contribution >= 0.6 is 0 Å². The number of para-hydroxylation sites is 1. The molecule has 0 amide bonds. The Balaban J connectivity index is 0.000000577. The molecular weight excluding hydrogens is 360 g/mol. The van der Waals surface area contributed by atoms with Crippen molar-refractivity contribution in [2.45, 2.75) is 40.5 Å². The van der Waals surface area contributed by atoms with E-state index in [0.717, 1.165) is 34.0 Å². The molecule has 1 aromatic carbocycles. The first-order valence-electron chi connectivity index (χ1n) is 8.42. The monoisotopic (exact) mass is 390 g/mol. The lowest BCUT2D eigenvalue weighted by atomic mass is 10.1. The lowest BCUT2D eigenvalue weighted by molar-refractivity contribution is -0.137. The number of nitrogen functional groups attached to an aromatic ring is 1. The number of aliphatic hydroxyl groups is 1. The quantitative estimate of drug-likeness (QED) is 0.374. The minimum Gasteiger partial charge on any atom is -0.398 e. The molecule has 0 aliphatic rings. The number of carbonyl (C=O) groups excluding carboxylic acids is 1. The van der Waals surface area contributed by atoms with Crippen LogP contribution in [0.15, 0.2) is 18.2 Å². The van der Waals surface area contributed by atoms with Crippen LogP contribution in [0.5, 0.6) is 0 Å². The number of hydrogen-bond donors (Lipinski definition) is 2. The van der Waals surface area contributed by atoms with Gasteiger partial charge in [-0.1, -0.05) is 38.5 Å². The van der Waals surface area contributed by atoms with Crippen LogP contribution in [0.1, 0.15) is 37.8 Å². The van der Waals surface area contributed by atoms with E-state index in [0.29, 0.717) is 6.61 Å². The average Bonchev–Trinajstić information content (AvgIpc) is 2.59. The molecule has 0 heterocycles. The Hall–Kier alpha value is -1.68. The number of aryl methyl sites for hydroxylation is 2. The van der Waals surface area contributed by atoms with Crippen molar-refractivity contribution in [1.29, 1.82) is 0 Å². The Bertz CT molecular complexity index is 628. The fraction of sp³-hybridized carbons (Fsp3) is 0.588. The molecule has 0 unspecified atom stereocenters. The molecule has 3 N–H and O–H groups in total. The largest absolute Gasteiger partial charge is 0.398 e. The van der Waals surface area contributed by atoms with Gasteiger partial charge in [-0.25, -0.2) is 4.79 Å². The lowest BCUT2D eigenvalue weighted by Gasteiger charge is -2.18. The van der Waals surface area contributed by atoms with E-state index in [2.05, 4.69) is 4.18 Å². The van der Waals surface area contributed by atoms with Gasteiger partial charge in [0.05, 0.1) is 0 Å². The van der Waals surface area contributed by atoms with Crippen molar-refractivity contribution in [3.05, 3.63) is 29.3 Å². The highest BCUT2D eigenvalue weighted by Gasteiger charge is 2.25. The second-order valence-corrected chi connectivity index (χ2v) is 7.07. The molecule has 0 saturated heterocycles. The molecule has 150 valence electrons. The van der Waals surface area contributed by atoms with Gasteiger partial charge in [-0.15, -0.1) is 4.31 Å². The minimum absolute atomic E-state index is 0.118. The van der Waals surface area contributed by atoms with Crippen LogP contribution in [0, 0.1) is 13.8 Å². The van der Waals surface area contributed by atoms with Gasteiger partial charge in [0.1, 0.15) is 13.3 Å². The summed E-state index contributed by atoms with van der Waals surface area (Å²) < 4.78 is 33.1. The summed E-state index contributed by atoms with van der Waals surface area (Å²) in [6.07, 6.45) is 1.77. The smallest absolute Gasteiger partial charge is 0.389 e. The van der Waals surface area contributed by atoms with Gasteiger partial charge in [0.2, 0.25) is 0 Å². The van der Waals surface area contributed by atoms with Gasteiger partial charge < -0.3 is 19.8 Å². The second-order valence-electron chi connectivity index (χ2n) is 5.54. The normalized spacial score (nSPS) is 11.0. The number of rotatable bonds is 9. The fourth-order valence-electron chi connectivity index (χ4n) is 1.75. The summed E-state index contributed by atoms with van der Waals surface area (Å²) in [5.41, 5.74) is 8.92. The molecule has 0 aliphatic heterocycles. The lowest BCUT2D eigenvalue weighted by Crippen LogP contribution is -2.36. The molecule has 0 spiro atoms. The standard InChI is InChI=1S/C9H19NO6S.C8H11N/c1-3-5-6-15-8-10(4-2)17(13,14)16-9(12)7-11;1-6-4-3-5-7(2)8(6)9/h11H,3-8H2,1-2H3;3-5H,9H2,1-2H3. The molecule has 9 heteroatoms. The third-order valence-electron chi connectivity index (χ3n) is 3.42. The van der Waals surface area contributed by atoms with Crippen molar-refractivity contribution in [2.24, 2.45) is 0 Å². The molecular formula is C17H30N2O6S. The van der Waals surface area contributed by atoms with Crippen LogP contribution in [0.25, 0.3) is 0 Å². The number of ether oxygens (including phenoxy) is 1. The van der Waals surface area contributed by atoms with E-state index >= 15 is 0 Å². The molecule has 0 atom stereocenters. The van der Waals surface area contributed by atoms with E-state index in [4.69, 9.17) is 15.6 Å². The summed E-state index contributed by atoms with van der Waals surface area (Å²) in [4.78, 5) is 10.7. The molecule has 0 bridgehead atoms. The van der Waals surface area contributed by atoms with Gasteiger partial charge >= 0.3 is 16.3 Å². The molecule has 0 aromatic heterocycles. The zero-order chi connectivity index (χ0) is 20.2. The Kier molecular flexibility index (Phi) is 11.8. The number of hydrogen-bond acceptors (Lipinski definition) is 7. The van der Waals surface area contributed by atoms with Gasteiger partial charge in [-0.2, -0.15) is 8.42 Å². The maximum Gasteiger partial charge on any atom is 0.389 e. The van der Waals surface area contributed by atoms with Crippen LogP contribution in [0.2, 0.25) is 0 Å². The van der Waals surface area contributed by atoms with Crippen LogP contribution in [-0.4, -0.2) is 50.3 Å². The van der Waals surface area contributed by atoms with Crippen LogP contribution < -0.4 is 5.73 Å². The van der Waals surface area contributed by atoms with Crippen molar-refractivity contribution in [2.75, 3.05) is 32.2 Å². The van der Waals surface area contributed by atoms with Gasteiger partial charge in [-0.05, 0) is 31.4 Å². The number of benzene rings is 1. The number of aliphatic hydroxyl groups excluding tert-OH is 1. The number of anilines is 1. The topological polar surface area (TPSA) is 119 Å². The average molecular weight is 391 g/mol. The van der Waals surface area contributed by atoms with Gasteiger partial charge in [-0.3, -0.25) is 0 Å². The second kappa shape index (κ2) is 12.6. The summed E-state index contributed by atoms with van der Waals surface area (Å²) in [5, 5.41) is 8.41. The number of nitrogens with zero attached hydrogens (tertiary/aromatic N) is 1. The van der Waals surface area contributed by atoms with Crippen molar-refractivity contribution in [1.82, 2.24) is 4.31 Å². The zero-order valence-corrected chi connectivity index (χ0v) is 16.7. The third kappa shape index (κ3) is 9.14. The summed E-state index contributed by atoms with van der Waals surface area (Å²) in [5.74, 6) is -1.21. The summed E-state index contributed by atoms with van der Waals surface area (Å²) in [7, 11) is -4.17. The van der Waals surface area contributed by atoms with E-state index in [1.165, 1.54) is 0 Å². The highest BCUT2D eigenvalue weighted by molar-refractivity contribution is 7.84. The van der Waals surface area contributed by atoms with Crippen molar-refractivity contribution < 1.29 is 27.2 Å². The highest BCUT2D eigenvalue weighted by atomic mass is 32.2. The first kappa shape index (κ1) is 24.3. The van der Waals surface area contributed by atoms with Crippen LogP contribution in [0.4, 0.5) is 5.69 Å². The number of carbonyl (C=O) groups is 1. The van der Waals surface area contributed by atoms with E-state index < -0.39 is 22.9 Å².